The molecule has 0 saturated carbocycles. The highest BCUT2D eigenvalue weighted by molar-refractivity contribution is 14.1. The second kappa shape index (κ2) is 2.44. The van der Waals surface area contributed by atoms with Gasteiger partial charge in [0.1, 0.15) is 6.33 Å². The van der Waals surface area contributed by atoms with Crippen molar-refractivity contribution in [3.63, 3.8) is 0 Å². The molecule has 0 radical (unpaired) electrons. The molecule has 0 aromatic carbocycles. The average molecular weight is 276 g/mol. The summed E-state index contributed by atoms with van der Waals surface area (Å²) >= 11 is 2.04. The molecule has 0 unspecified atom stereocenters. The average Bonchev–Trinajstić information content (AvgIpc) is 2.33. The van der Waals surface area contributed by atoms with Gasteiger partial charge in [0.25, 0.3) is 0 Å². The van der Waals surface area contributed by atoms with Gasteiger partial charge in [-0.2, -0.15) is 9.97 Å². The SMILES string of the molecule is Nc1nc(N)c2ncn(I)c2n1. The van der Waals surface area contributed by atoms with Crippen LogP contribution in [-0.2, 0) is 0 Å². The predicted molar refractivity (Wildman–Crippen MR) is 53.6 cm³/mol. The lowest BCUT2D eigenvalue weighted by Crippen LogP contribution is -2.00. The summed E-state index contributed by atoms with van der Waals surface area (Å²) in [4.78, 5) is 11.8. The van der Waals surface area contributed by atoms with Gasteiger partial charge in [-0.1, -0.05) is 0 Å². The fourth-order valence-electron chi connectivity index (χ4n) is 0.913. The largest absolute Gasteiger partial charge is 0.382 e. The van der Waals surface area contributed by atoms with Crippen molar-refractivity contribution in [3.05, 3.63) is 6.33 Å². The third-order valence-electron chi connectivity index (χ3n) is 1.40. The molecule has 4 N–H and O–H groups in total. The van der Waals surface area contributed by atoms with Crippen LogP contribution in [0.25, 0.3) is 11.2 Å². The number of aromatic nitrogens is 4. The second-order valence-electron chi connectivity index (χ2n) is 2.20. The standard InChI is InChI=1S/C5H5IN6/c6-12-1-9-2-3(7)10-5(8)11-4(2)12/h1H,(H4,7,8,10,11). The van der Waals surface area contributed by atoms with Crippen molar-refractivity contribution in [1.29, 1.82) is 0 Å². The van der Waals surface area contributed by atoms with Gasteiger partial charge in [-0.15, -0.1) is 0 Å². The summed E-state index contributed by atoms with van der Waals surface area (Å²) in [5.41, 5.74) is 12.2. The molecule has 2 heterocycles. The molecule has 0 atom stereocenters. The summed E-state index contributed by atoms with van der Waals surface area (Å²) in [5, 5.41) is 0. The maximum Gasteiger partial charge on any atom is 0.224 e. The van der Waals surface area contributed by atoms with E-state index in [-0.39, 0.29) is 5.95 Å². The molecule has 7 heteroatoms. The third-order valence-corrected chi connectivity index (χ3v) is 2.11. The van der Waals surface area contributed by atoms with Crippen LogP contribution in [0.2, 0.25) is 0 Å². The third kappa shape index (κ3) is 0.967. The van der Waals surface area contributed by atoms with Crippen molar-refractivity contribution in [2.24, 2.45) is 0 Å². The summed E-state index contributed by atoms with van der Waals surface area (Å²) in [6.07, 6.45) is 1.61. The highest BCUT2D eigenvalue weighted by Gasteiger charge is 2.07. The lowest BCUT2D eigenvalue weighted by Gasteiger charge is -1.95. The van der Waals surface area contributed by atoms with E-state index in [2.05, 4.69) is 15.0 Å². The monoisotopic (exact) mass is 276 g/mol. The number of nitrogen functional groups attached to an aromatic ring is 2. The van der Waals surface area contributed by atoms with Gasteiger partial charge in [-0.3, -0.25) is 2.78 Å². The molecule has 12 heavy (non-hydrogen) atoms. The lowest BCUT2D eigenvalue weighted by atomic mass is 10.5. The van der Waals surface area contributed by atoms with Gasteiger partial charge >= 0.3 is 0 Å². The lowest BCUT2D eigenvalue weighted by molar-refractivity contribution is 1.21. The van der Waals surface area contributed by atoms with Gasteiger partial charge in [0.15, 0.2) is 17.0 Å². The molecular formula is C5H5IN6. The summed E-state index contributed by atoms with van der Waals surface area (Å²) in [5.74, 6) is 0.478. The zero-order chi connectivity index (χ0) is 8.72. The number of hydrogen-bond acceptors (Lipinski definition) is 5. The Labute approximate surface area is 81.5 Å². The maximum absolute atomic E-state index is 5.56. The van der Waals surface area contributed by atoms with E-state index >= 15 is 0 Å². The van der Waals surface area contributed by atoms with Crippen molar-refractivity contribution in [2.45, 2.75) is 0 Å². The molecule has 2 aromatic rings. The minimum atomic E-state index is 0.165. The van der Waals surface area contributed by atoms with Crippen LogP contribution in [0, 0.1) is 0 Å². The van der Waals surface area contributed by atoms with E-state index in [0.29, 0.717) is 17.0 Å². The molecule has 0 saturated heterocycles. The zero-order valence-corrected chi connectivity index (χ0v) is 8.06. The molecule has 0 amide bonds. The highest BCUT2D eigenvalue weighted by Crippen LogP contribution is 2.17. The van der Waals surface area contributed by atoms with Crippen LogP contribution in [0.5, 0.6) is 0 Å². The molecule has 6 nitrogen and oxygen atoms in total. The van der Waals surface area contributed by atoms with Gasteiger partial charge in [-0.05, 0) is 0 Å². The second-order valence-corrected chi connectivity index (χ2v) is 3.23. The van der Waals surface area contributed by atoms with Crippen LogP contribution >= 0.6 is 22.9 Å². The van der Waals surface area contributed by atoms with E-state index in [1.807, 2.05) is 22.9 Å². The number of halogens is 1. The van der Waals surface area contributed by atoms with E-state index in [0.717, 1.165) is 0 Å². The quantitative estimate of drug-likeness (QED) is 0.669. The first-order valence-corrected chi connectivity index (χ1v) is 4.07. The Kier molecular flexibility index (Phi) is 1.53. The van der Waals surface area contributed by atoms with E-state index in [9.17, 15) is 0 Å². The fourth-order valence-corrected chi connectivity index (χ4v) is 1.37. The van der Waals surface area contributed by atoms with Gasteiger partial charge in [0.2, 0.25) is 5.95 Å². The molecule has 0 fully saturated rings. The van der Waals surface area contributed by atoms with Crippen molar-refractivity contribution in [2.75, 3.05) is 11.5 Å². The first-order valence-electron chi connectivity index (χ1n) is 3.10. The zero-order valence-electron chi connectivity index (χ0n) is 5.90. The number of nitrogens with two attached hydrogens (primary N) is 2. The van der Waals surface area contributed by atoms with Gasteiger partial charge in [0, 0.05) is 0 Å². The number of fused-ring (bicyclic) bond motifs is 1. The summed E-state index contributed by atoms with van der Waals surface area (Å²) < 4.78 is 1.71. The van der Waals surface area contributed by atoms with Crippen molar-refractivity contribution in [3.8, 4) is 0 Å². The molecule has 62 valence electrons. The van der Waals surface area contributed by atoms with E-state index < -0.39 is 0 Å². The molecule has 0 spiro atoms. The van der Waals surface area contributed by atoms with Crippen molar-refractivity contribution >= 4 is 45.8 Å². The van der Waals surface area contributed by atoms with Crippen LogP contribution in [0.3, 0.4) is 0 Å². The molecule has 0 aliphatic rings. The topological polar surface area (TPSA) is 95.6 Å². The molecular weight excluding hydrogens is 271 g/mol. The van der Waals surface area contributed by atoms with Crippen LogP contribution in [-0.4, -0.2) is 17.7 Å². The molecule has 2 rings (SSSR count). The number of nitrogens with zero attached hydrogens (tertiary/aromatic N) is 4. The maximum atomic E-state index is 5.56. The Morgan fingerprint density at radius 3 is 2.83 bits per heavy atom. The van der Waals surface area contributed by atoms with Crippen LogP contribution in [0.4, 0.5) is 11.8 Å². The Bertz CT molecular complexity index is 435. The summed E-state index contributed by atoms with van der Waals surface area (Å²) in [7, 11) is 0. The first kappa shape index (κ1) is 7.53. The normalized spacial score (nSPS) is 10.8. The van der Waals surface area contributed by atoms with E-state index in [1.54, 1.807) is 9.11 Å². The first-order chi connectivity index (χ1) is 5.68. The summed E-state index contributed by atoms with van der Waals surface area (Å²) in [6, 6.07) is 0. The van der Waals surface area contributed by atoms with E-state index in [1.165, 1.54) is 0 Å². The Morgan fingerprint density at radius 2 is 2.08 bits per heavy atom. The van der Waals surface area contributed by atoms with Crippen LogP contribution in [0.15, 0.2) is 6.33 Å². The smallest absolute Gasteiger partial charge is 0.224 e. The number of rotatable bonds is 0. The van der Waals surface area contributed by atoms with Crippen molar-refractivity contribution in [1.82, 2.24) is 17.7 Å². The Hall–Kier alpha value is -1.12. The highest BCUT2D eigenvalue weighted by atomic mass is 127. The number of imidazole rings is 1. The number of anilines is 2. The molecule has 2 aromatic heterocycles. The molecule has 0 bridgehead atoms. The van der Waals surface area contributed by atoms with Gasteiger partial charge in [-0.25, -0.2) is 4.98 Å². The molecule has 0 aliphatic carbocycles. The van der Waals surface area contributed by atoms with Gasteiger partial charge in [0.05, 0.1) is 22.9 Å². The van der Waals surface area contributed by atoms with E-state index in [4.69, 9.17) is 11.5 Å². The summed E-state index contributed by atoms with van der Waals surface area (Å²) in [6.45, 7) is 0. The Morgan fingerprint density at radius 1 is 1.33 bits per heavy atom. The van der Waals surface area contributed by atoms with Crippen LogP contribution in [0.1, 0.15) is 0 Å². The Balaban J connectivity index is 2.92. The molecule has 0 aliphatic heterocycles. The minimum absolute atomic E-state index is 0.165. The van der Waals surface area contributed by atoms with Crippen molar-refractivity contribution < 1.29 is 0 Å². The van der Waals surface area contributed by atoms with Gasteiger partial charge < -0.3 is 11.5 Å². The fraction of sp³-hybridized carbons (Fsp3) is 0. The van der Waals surface area contributed by atoms with Crippen LogP contribution < -0.4 is 11.5 Å². The minimum Gasteiger partial charge on any atom is -0.382 e. The predicted octanol–water partition coefficient (Wildman–Crippen LogP) is 0.189. The number of hydrogen-bond donors (Lipinski definition) is 2.